The van der Waals surface area contributed by atoms with E-state index in [0.717, 1.165) is 20.9 Å². The molecular formula is C14H12BrFOS. The Hall–Kier alpha value is -1.00. The lowest BCUT2D eigenvalue weighted by atomic mass is 10.2. The fourth-order valence-corrected chi connectivity index (χ4v) is 2.93. The van der Waals surface area contributed by atoms with Gasteiger partial charge in [-0.3, -0.25) is 0 Å². The highest BCUT2D eigenvalue weighted by atomic mass is 79.9. The van der Waals surface area contributed by atoms with Gasteiger partial charge in [0.1, 0.15) is 11.6 Å². The summed E-state index contributed by atoms with van der Waals surface area (Å²) in [5.41, 5.74) is 1.19. The summed E-state index contributed by atoms with van der Waals surface area (Å²) >= 11 is 5.14. The first-order chi connectivity index (χ1) is 8.69. The molecule has 94 valence electrons. The van der Waals surface area contributed by atoms with Crippen molar-refractivity contribution in [3.05, 3.63) is 58.3 Å². The lowest BCUT2D eigenvalue weighted by molar-refractivity contribution is 0.412. The van der Waals surface area contributed by atoms with Crippen LogP contribution in [-0.4, -0.2) is 7.11 Å². The zero-order valence-corrected chi connectivity index (χ0v) is 12.2. The number of hydrogen-bond acceptors (Lipinski definition) is 2. The molecule has 0 amide bonds. The molecule has 0 aliphatic carbocycles. The number of hydrogen-bond donors (Lipinski definition) is 0. The Balaban J connectivity index is 2.02. The molecule has 0 bridgehead atoms. The van der Waals surface area contributed by atoms with E-state index in [1.54, 1.807) is 31.0 Å². The van der Waals surface area contributed by atoms with Crippen molar-refractivity contribution in [2.75, 3.05) is 7.11 Å². The lowest BCUT2D eigenvalue weighted by Crippen LogP contribution is -1.87. The SMILES string of the molecule is COc1ccc(CSc2ccc(F)cc2)cc1Br. The van der Waals surface area contributed by atoms with Crippen LogP contribution in [0.25, 0.3) is 0 Å². The second-order valence-corrected chi connectivity index (χ2v) is 5.61. The van der Waals surface area contributed by atoms with Crippen molar-refractivity contribution in [3.8, 4) is 5.75 Å². The van der Waals surface area contributed by atoms with Crippen molar-refractivity contribution in [1.29, 1.82) is 0 Å². The molecule has 0 spiro atoms. The van der Waals surface area contributed by atoms with Crippen molar-refractivity contribution in [2.45, 2.75) is 10.6 Å². The third kappa shape index (κ3) is 3.50. The molecule has 0 saturated heterocycles. The minimum Gasteiger partial charge on any atom is -0.496 e. The molecule has 0 N–H and O–H groups in total. The zero-order chi connectivity index (χ0) is 13.0. The average Bonchev–Trinajstić information content (AvgIpc) is 2.38. The molecule has 0 aliphatic heterocycles. The van der Waals surface area contributed by atoms with Gasteiger partial charge >= 0.3 is 0 Å². The minimum absolute atomic E-state index is 0.202. The number of ether oxygens (including phenoxy) is 1. The topological polar surface area (TPSA) is 9.23 Å². The largest absolute Gasteiger partial charge is 0.496 e. The summed E-state index contributed by atoms with van der Waals surface area (Å²) < 4.78 is 18.9. The van der Waals surface area contributed by atoms with E-state index in [2.05, 4.69) is 15.9 Å². The van der Waals surface area contributed by atoms with Gasteiger partial charge in [-0.25, -0.2) is 4.39 Å². The number of methoxy groups -OCH3 is 1. The first-order valence-electron chi connectivity index (χ1n) is 5.40. The quantitative estimate of drug-likeness (QED) is 0.740. The van der Waals surface area contributed by atoms with E-state index < -0.39 is 0 Å². The lowest BCUT2D eigenvalue weighted by Gasteiger charge is -2.06. The van der Waals surface area contributed by atoms with Crippen LogP contribution in [0.1, 0.15) is 5.56 Å². The van der Waals surface area contributed by atoms with Crippen molar-refractivity contribution in [3.63, 3.8) is 0 Å². The summed E-state index contributed by atoms with van der Waals surface area (Å²) in [5.74, 6) is 1.46. The molecule has 2 rings (SSSR count). The summed E-state index contributed by atoms with van der Waals surface area (Å²) in [6.45, 7) is 0. The second-order valence-electron chi connectivity index (χ2n) is 3.71. The van der Waals surface area contributed by atoms with E-state index in [1.807, 2.05) is 18.2 Å². The van der Waals surface area contributed by atoms with Crippen LogP contribution in [0, 0.1) is 5.82 Å². The Kier molecular flexibility index (Phi) is 4.66. The Morgan fingerprint density at radius 1 is 1.17 bits per heavy atom. The standard InChI is InChI=1S/C14H12BrFOS/c1-17-14-7-2-10(8-13(14)15)9-18-12-5-3-11(16)4-6-12/h2-8H,9H2,1H3. The molecular weight excluding hydrogens is 315 g/mol. The van der Waals surface area contributed by atoms with Crippen molar-refractivity contribution >= 4 is 27.7 Å². The molecule has 18 heavy (non-hydrogen) atoms. The molecule has 0 aliphatic rings. The van der Waals surface area contributed by atoms with Gasteiger partial charge < -0.3 is 4.74 Å². The van der Waals surface area contributed by atoms with Crippen molar-refractivity contribution in [2.24, 2.45) is 0 Å². The van der Waals surface area contributed by atoms with Crippen LogP contribution in [-0.2, 0) is 5.75 Å². The highest BCUT2D eigenvalue weighted by Gasteiger charge is 2.02. The fraction of sp³-hybridized carbons (Fsp3) is 0.143. The third-order valence-corrected chi connectivity index (χ3v) is 4.14. The molecule has 2 aromatic rings. The molecule has 0 unspecified atom stereocenters. The van der Waals surface area contributed by atoms with Crippen LogP contribution in [0.2, 0.25) is 0 Å². The molecule has 2 aromatic carbocycles. The predicted molar refractivity (Wildman–Crippen MR) is 76.7 cm³/mol. The number of rotatable bonds is 4. The summed E-state index contributed by atoms with van der Waals surface area (Å²) in [4.78, 5) is 1.06. The first kappa shape index (κ1) is 13.4. The second kappa shape index (κ2) is 6.25. The molecule has 0 saturated carbocycles. The smallest absolute Gasteiger partial charge is 0.133 e. The third-order valence-electron chi connectivity index (χ3n) is 2.44. The maximum absolute atomic E-state index is 12.8. The average molecular weight is 327 g/mol. The van der Waals surface area contributed by atoms with Gasteiger partial charge in [0, 0.05) is 10.6 Å². The van der Waals surface area contributed by atoms with E-state index >= 15 is 0 Å². The van der Waals surface area contributed by atoms with Crippen LogP contribution in [0.3, 0.4) is 0 Å². The Morgan fingerprint density at radius 2 is 1.89 bits per heavy atom. The molecule has 0 atom stereocenters. The van der Waals surface area contributed by atoms with Gasteiger partial charge in [0.2, 0.25) is 0 Å². The monoisotopic (exact) mass is 326 g/mol. The predicted octanol–water partition coefficient (Wildman–Crippen LogP) is 4.89. The van der Waals surface area contributed by atoms with Crippen molar-refractivity contribution in [1.82, 2.24) is 0 Å². The fourth-order valence-electron chi connectivity index (χ4n) is 1.50. The number of thioether (sulfide) groups is 1. The maximum atomic E-state index is 12.8. The summed E-state index contributed by atoms with van der Waals surface area (Å²) in [6, 6.07) is 12.5. The summed E-state index contributed by atoms with van der Waals surface area (Å²) in [5, 5.41) is 0. The van der Waals surface area contributed by atoms with Gasteiger partial charge in [-0.15, -0.1) is 11.8 Å². The van der Waals surface area contributed by atoms with E-state index in [1.165, 1.54) is 17.7 Å². The van der Waals surface area contributed by atoms with Crippen molar-refractivity contribution < 1.29 is 9.13 Å². The first-order valence-corrected chi connectivity index (χ1v) is 7.17. The zero-order valence-electron chi connectivity index (χ0n) is 9.82. The summed E-state index contributed by atoms with van der Waals surface area (Å²) in [6.07, 6.45) is 0. The van der Waals surface area contributed by atoms with Crippen LogP contribution in [0.4, 0.5) is 4.39 Å². The van der Waals surface area contributed by atoms with E-state index in [4.69, 9.17) is 4.74 Å². The molecule has 0 radical (unpaired) electrons. The van der Waals surface area contributed by atoms with Gasteiger partial charge in [0.05, 0.1) is 11.6 Å². The molecule has 0 aromatic heterocycles. The highest BCUT2D eigenvalue weighted by molar-refractivity contribution is 9.10. The maximum Gasteiger partial charge on any atom is 0.133 e. The number of halogens is 2. The van der Waals surface area contributed by atoms with E-state index in [9.17, 15) is 4.39 Å². The highest BCUT2D eigenvalue weighted by Crippen LogP contribution is 2.29. The molecule has 4 heteroatoms. The normalized spacial score (nSPS) is 10.4. The van der Waals surface area contributed by atoms with Crippen LogP contribution in [0.15, 0.2) is 51.8 Å². The molecule has 0 fully saturated rings. The number of benzene rings is 2. The van der Waals surface area contributed by atoms with Gasteiger partial charge in [-0.2, -0.15) is 0 Å². The van der Waals surface area contributed by atoms with Gasteiger partial charge in [0.15, 0.2) is 0 Å². The van der Waals surface area contributed by atoms with Crippen LogP contribution < -0.4 is 4.74 Å². The summed E-state index contributed by atoms with van der Waals surface area (Å²) in [7, 11) is 1.65. The van der Waals surface area contributed by atoms with E-state index in [0.29, 0.717) is 0 Å². The Bertz CT molecular complexity index is 528. The molecule has 0 heterocycles. The van der Waals surface area contributed by atoms with Gasteiger partial charge in [-0.1, -0.05) is 6.07 Å². The minimum atomic E-state index is -0.202. The molecule has 1 nitrogen and oxygen atoms in total. The van der Waals surface area contributed by atoms with Crippen LogP contribution in [0.5, 0.6) is 5.75 Å². The van der Waals surface area contributed by atoms with Gasteiger partial charge in [0.25, 0.3) is 0 Å². The van der Waals surface area contributed by atoms with Gasteiger partial charge in [-0.05, 0) is 57.9 Å². The Morgan fingerprint density at radius 3 is 2.50 bits per heavy atom. The van der Waals surface area contributed by atoms with Crippen LogP contribution >= 0.6 is 27.7 Å². The van der Waals surface area contributed by atoms with E-state index in [-0.39, 0.29) is 5.82 Å². The Labute approximate surface area is 118 Å².